The first-order valence-corrected chi connectivity index (χ1v) is 8.21. The normalized spacial score (nSPS) is 17.4. The minimum atomic E-state index is 0.167. The number of carbonyl (C=O) groups is 1. The van der Waals surface area contributed by atoms with Crippen LogP contribution in [0.2, 0.25) is 0 Å². The van der Waals surface area contributed by atoms with E-state index in [4.69, 9.17) is 5.73 Å². The van der Waals surface area contributed by atoms with E-state index in [0.717, 1.165) is 35.4 Å². The lowest BCUT2D eigenvalue weighted by atomic mass is 10.2. The van der Waals surface area contributed by atoms with Crippen molar-refractivity contribution in [1.82, 2.24) is 4.90 Å². The van der Waals surface area contributed by atoms with E-state index in [0.29, 0.717) is 6.54 Å². The number of hydrogen-bond donors (Lipinski definition) is 1. The Morgan fingerprint density at radius 1 is 1.30 bits per heavy atom. The van der Waals surface area contributed by atoms with Crippen LogP contribution in [0.15, 0.2) is 11.4 Å². The third-order valence-electron chi connectivity index (χ3n) is 3.82. The minimum absolute atomic E-state index is 0.167. The molecule has 3 nitrogen and oxygen atoms in total. The molecule has 1 aromatic heterocycles. The maximum Gasteiger partial charge on any atom is 0.265 e. The Morgan fingerprint density at radius 3 is 2.50 bits per heavy atom. The molecule has 0 aliphatic heterocycles. The summed E-state index contributed by atoms with van der Waals surface area (Å²) in [6, 6.07) is 1.92. The monoisotopic (exact) mass is 288 g/mol. The molecule has 2 aliphatic rings. The van der Waals surface area contributed by atoms with E-state index in [2.05, 4.69) is 16.7 Å². The number of hydrogen-bond acceptors (Lipinski definition) is 3. The second kappa shape index (κ2) is 5.99. The Kier molecular flexibility index (Phi) is 4.09. The summed E-state index contributed by atoms with van der Waals surface area (Å²) in [6.45, 7) is 2.19. The second-order valence-corrected chi connectivity index (χ2v) is 6.68. The highest BCUT2D eigenvalue weighted by atomic mass is 32.1. The van der Waals surface area contributed by atoms with Crippen molar-refractivity contribution in [3.63, 3.8) is 0 Å². The lowest BCUT2D eigenvalue weighted by Gasteiger charge is -2.22. The Morgan fingerprint density at radius 2 is 1.95 bits per heavy atom. The first-order chi connectivity index (χ1) is 9.78. The summed E-state index contributed by atoms with van der Waals surface area (Å²) in [5.41, 5.74) is 6.25. The molecule has 0 radical (unpaired) electrons. The maximum atomic E-state index is 12.8. The van der Waals surface area contributed by atoms with Crippen LogP contribution >= 0.6 is 11.3 Å². The molecule has 0 bridgehead atoms. The summed E-state index contributed by atoms with van der Waals surface area (Å²) in [7, 11) is 0. The van der Waals surface area contributed by atoms with Crippen molar-refractivity contribution in [2.75, 3.05) is 19.6 Å². The molecule has 0 atom stereocenters. The molecule has 0 saturated heterocycles. The van der Waals surface area contributed by atoms with Gasteiger partial charge < -0.3 is 10.6 Å². The lowest BCUT2D eigenvalue weighted by molar-refractivity contribution is 0.0744. The van der Waals surface area contributed by atoms with Gasteiger partial charge in [0.1, 0.15) is 4.88 Å². The number of thiophene rings is 1. The molecule has 1 amide bonds. The van der Waals surface area contributed by atoms with Gasteiger partial charge in [-0.15, -0.1) is 11.3 Å². The standard InChI is InChI=1S/C16H20N2OS/c17-8-1-2-14-7-9-20-15(14)16(19)18(10-12-3-4-12)11-13-5-6-13/h7,9,12-13H,3-6,8,10-11,17H2. The average molecular weight is 288 g/mol. The van der Waals surface area contributed by atoms with Crippen LogP contribution in [0.5, 0.6) is 0 Å². The fourth-order valence-electron chi connectivity index (χ4n) is 2.33. The molecule has 2 aliphatic carbocycles. The van der Waals surface area contributed by atoms with Gasteiger partial charge in [0.2, 0.25) is 0 Å². The summed E-state index contributed by atoms with van der Waals surface area (Å²) >= 11 is 1.50. The molecule has 4 heteroatoms. The second-order valence-electron chi connectivity index (χ2n) is 5.77. The van der Waals surface area contributed by atoms with Crippen LogP contribution in [-0.4, -0.2) is 30.4 Å². The third-order valence-corrected chi connectivity index (χ3v) is 4.73. The van der Waals surface area contributed by atoms with Crippen LogP contribution in [0.25, 0.3) is 0 Å². The van der Waals surface area contributed by atoms with E-state index in [9.17, 15) is 4.79 Å². The Bertz CT molecular complexity index is 532. The van der Waals surface area contributed by atoms with Crippen molar-refractivity contribution in [2.24, 2.45) is 17.6 Å². The van der Waals surface area contributed by atoms with Crippen molar-refractivity contribution in [3.8, 4) is 11.8 Å². The van der Waals surface area contributed by atoms with Gasteiger partial charge in [-0.3, -0.25) is 4.79 Å². The molecule has 2 fully saturated rings. The number of amides is 1. The van der Waals surface area contributed by atoms with Gasteiger partial charge in [0.25, 0.3) is 5.91 Å². The zero-order valence-electron chi connectivity index (χ0n) is 11.6. The number of rotatable bonds is 5. The lowest BCUT2D eigenvalue weighted by Crippen LogP contribution is -2.34. The summed E-state index contributed by atoms with van der Waals surface area (Å²) in [5, 5.41) is 1.94. The zero-order chi connectivity index (χ0) is 13.9. The zero-order valence-corrected chi connectivity index (χ0v) is 12.4. The van der Waals surface area contributed by atoms with Crippen molar-refractivity contribution < 1.29 is 4.79 Å². The molecule has 1 heterocycles. The van der Waals surface area contributed by atoms with E-state index >= 15 is 0 Å². The third kappa shape index (κ3) is 3.41. The van der Waals surface area contributed by atoms with Crippen molar-refractivity contribution in [1.29, 1.82) is 0 Å². The molecular weight excluding hydrogens is 268 g/mol. The maximum absolute atomic E-state index is 12.8. The van der Waals surface area contributed by atoms with E-state index < -0.39 is 0 Å². The molecule has 0 unspecified atom stereocenters. The van der Waals surface area contributed by atoms with Crippen molar-refractivity contribution in [2.45, 2.75) is 25.7 Å². The predicted octanol–water partition coefficient (Wildman–Crippen LogP) is 2.32. The molecule has 2 N–H and O–H groups in total. The van der Waals surface area contributed by atoms with Crippen LogP contribution in [0.3, 0.4) is 0 Å². The van der Waals surface area contributed by atoms with Gasteiger partial charge in [0.05, 0.1) is 6.54 Å². The molecular formula is C16H20N2OS. The number of nitrogens with two attached hydrogens (primary N) is 1. The Labute approximate surface area is 124 Å². The van der Waals surface area contributed by atoms with Gasteiger partial charge in [-0.25, -0.2) is 0 Å². The Hall–Kier alpha value is -1.31. The van der Waals surface area contributed by atoms with Crippen LogP contribution in [0, 0.1) is 23.7 Å². The molecule has 1 aromatic rings. The van der Waals surface area contributed by atoms with Crippen LogP contribution in [0.1, 0.15) is 40.9 Å². The van der Waals surface area contributed by atoms with Gasteiger partial charge in [-0.2, -0.15) is 0 Å². The molecule has 2 saturated carbocycles. The van der Waals surface area contributed by atoms with Crippen molar-refractivity contribution >= 4 is 17.2 Å². The minimum Gasteiger partial charge on any atom is -0.337 e. The van der Waals surface area contributed by atoms with Gasteiger partial charge in [0, 0.05) is 18.7 Å². The number of carbonyl (C=O) groups excluding carboxylic acids is 1. The van der Waals surface area contributed by atoms with E-state index in [1.165, 1.54) is 37.0 Å². The molecule has 0 aromatic carbocycles. The number of nitrogens with zero attached hydrogens (tertiary/aromatic N) is 1. The molecule has 3 rings (SSSR count). The topological polar surface area (TPSA) is 46.3 Å². The van der Waals surface area contributed by atoms with E-state index in [1.54, 1.807) is 0 Å². The average Bonchev–Trinajstić information content (AvgIpc) is 3.37. The van der Waals surface area contributed by atoms with E-state index in [-0.39, 0.29) is 5.91 Å². The van der Waals surface area contributed by atoms with Crippen LogP contribution in [-0.2, 0) is 0 Å². The van der Waals surface area contributed by atoms with E-state index in [1.807, 2.05) is 11.4 Å². The summed E-state index contributed by atoms with van der Waals surface area (Å²) in [4.78, 5) is 15.6. The molecule has 0 spiro atoms. The van der Waals surface area contributed by atoms with Gasteiger partial charge in [0.15, 0.2) is 0 Å². The fourth-order valence-corrected chi connectivity index (χ4v) is 3.14. The fraction of sp³-hybridized carbons (Fsp3) is 0.562. The summed E-state index contributed by atoms with van der Waals surface area (Å²) in [6.07, 6.45) is 5.11. The summed E-state index contributed by atoms with van der Waals surface area (Å²) in [5.74, 6) is 7.49. The first-order valence-electron chi connectivity index (χ1n) is 7.33. The smallest absolute Gasteiger partial charge is 0.265 e. The highest BCUT2D eigenvalue weighted by Crippen LogP contribution is 2.34. The molecule has 106 valence electrons. The SMILES string of the molecule is NCC#Cc1ccsc1C(=O)N(CC1CC1)CC1CC1. The van der Waals surface area contributed by atoms with Crippen LogP contribution < -0.4 is 5.73 Å². The van der Waals surface area contributed by atoms with Gasteiger partial charge in [-0.1, -0.05) is 11.8 Å². The quantitative estimate of drug-likeness (QED) is 0.845. The first kappa shape index (κ1) is 13.7. The van der Waals surface area contributed by atoms with Gasteiger partial charge in [-0.05, 0) is 49.0 Å². The highest BCUT2D eigenvalue weighted by Gasteiger charge is 2.32. The van der Waals surface area contributed by atoms with Crippen LogP contribution in [0.4, 0.5) is 0 Å². The molecule has 20 heavy (non-hydrogen) atoms. The van der Waals surface area contributed by atoms with Gasteiger partial charge >= 0.3 is 0 Å². The largest absolute Gasteiger partial charge is 0.337 e. The highest BCUT2D eigenvalue weighted by molar-refractivity contribution is 7.12. The predicted molar refractivity (Wildman–Crippen MR) is 81.6 cm³/mol. The summed E-state index contributed by atoms with van der Waals surface area (Å²) < 4.78 is 0. The Balaban J connectivity index is 1.75. The van der Waals surface area contributed by atoms with Crippen molar-refractivity contribution in [3.05, 3.63) is 21.9 Å².